The highest BCUT2D eigenvalue weighted by Crippen LogP contribution is 2.16. The second kappa shape index (κ2) is 4.56. The molecule has 3 N–H and O–H groups in total. The molecule has 70 valence electrons. The van der Waals surface area contributed by atoms with E-state index >= 15 is 0 Å². The number of halogens is 1. The average molecular weight is 246 g/mol. The van der Waals surface area contributed by atoms with Crippen LogP contribution < -0.4 is 5.73 Å². The molecule has 0 fully saturated rings. The quantitative estimate of drug-likeness (QED) is 0.358. The molecule has 1 rings (SSSR count). The summed E-state index contributed by atoms with van der Waals surface area (Å²) in [5.41, 5.74) is 5.15. The van der Waals surface area contributed by atoms with Crippen LogP contribution in [0.5, 0.6) is 0 Å². The number of nitrogens with zero attached hydrogens (tertiary/aromatic N) is 1. The monoisotopic (exact) mass is 245 g/mol. The summed E-state index contributed by atoms with van der Waals surface area (Å²) in [5.74, 6) is -0.290. The highest BCUT2D eigenvalue weighted by Gasteiger charge is 2.13. The lowest BCUT2D eigenvalue weighted by Crippen LogP contribution is -2.13. The molecule has 6 heteroatoms. The molecule has 0 aromatic heterocycles. The third-order valence-corrected chi connectivity index (χ3v) is 1.39. The van der Waals surface area contributed by atoms with E-state index in [9.17, 15) is 10.1 Å². The fourth-order valence-corrected chi connectivity index (χ4v) is 0.861. The molecule has 0 aliphatic heterocycles. The molecule has 0 bridgehead atoms. The van der Waals surface area contributed by atoms with Crippen LogP contribution >= 0.6 is 17.0 Å². The number of hydrogen-bond acceptors (Lipinski definition) is 3. The number of benzene rings is 1. The van der Waals surface area contributed by atoms with Crippen LogP contribution in [0.4, 0.5) is 5.69 Å². The van der Waals surface area contributed by atoms with E-state index in [1.807, 2.05) is 0 Å². The summed E-state index contributed by atoms with van der Waals surface area (Å²) in [7, 11) is 0. The van der Waals surface area contributed by atoms with Gasteiger partial charge in [-0.25, -0.2) is 0 Å². The number of nitro benzene ring substituents is 1. The summed E-state index contributed by atoms with van der Waals surface area (Å²) in [6.07, 6.45) is 0. The Labute approximate surface area is 85.0 Å². The number of nitrogens with one attached hydrogen (secondary N) is 1. The van der Waals surface area contributed by atoms with Gasteiger partial charge >= 0.3 is 0 Å². The second-order valence-electron chi connectivity index (χ2n) is 2.19. The first-order valence-corrected chi connectivity index (χ1v) is 3.20. The van der Waals surface area contributed by atoms with E-state index in [0.717, 1.165) is 0 Å². The van der Waals surface area contributed by atoms with E-state index in [2.05, 4.69) is 0 Å². The van der Waals surface area contributed by atoms with Crippen molar-refractivity contribution < 1.29 is 4.92 Å². The van der Waals surface area contributed by atoms with Crippen LogP contribution in [-0.4, -0.2) is 10.8 Å². The van der Waals surface area contributed by atoms with Gasteiger partial charge in [-0.15, -0.1) is 17.0 Å². The van der Waals surface area contributed by atoms with Crippen molar-refractivity contribution in [2.75, 3.05) is 0 Å². The van der Waals surface area contributed by atoms with Crippen molar-refractivity contribution in [1.82, 2.24) is 0 Å². The smallest absolute Gasteiger partial charge is 0.280 e. The lowest BCUT2D eigenvalue weighted by atomic mass is 10.2. The van der Waals surface area contributed by atoms with Gasteiger partial charge < -0.3 is 5.73 Å². The van der Waals surface area contributed by atoms with Gasteiger partial charge in [-0.1, -0.05) is 12.1 Å². The molecule has 13 heavy (non-hydrogen) atoms. The maximum absolute atomic E-state index is 10.4. The van der Waals surface area contributed by atoms with Crippen LogP contribution in [0.2, 0.25) is 0 Å². The van der Waals surface area contributed by atoms with Gasteiger partial charge in [0.15, 0.2) is 0 Å². The van der Waals surface area contributed by atoms with Crippen LogP contribution in [0.3, 0.4) is 0 Å². The summed E-state index contributed by atoms with van der Waals surface area (Å²) in [6, 6.07) is 5.89. The molecule has 0 heterocycles. The van der Waals surface area contributed by atoms with Gasteiger partial charge in [-0.05, 0) is 6.07 Å². The van der Waals surface area contributed by atoms with Crippen molar-refractivity contribution in [3.05, 3.63) is 39.9 Å². The van der Waals surface area contributed by atoms with E-state index in [-0.39, 0.29) is 34.1 Å². The summed E-state index contributed by atoms with van der Waals surface area (Å²) in [5, 5.41) is 17.4. The summed E-state index contributed by atoms with van der Waals surface area (Å²) in [6.45, 7) is 0. The zero-order valence-corrected chi connectivity index (χ0v) is 8.27. The van der Waals surface area contributed by atoms with Gasteiger partial charge in [0, 0.05) is 6.07 Å². The maximum Gasteiger partial charge on any atom is 0.280 e. The van der Waals surface area contributed by atoms with Gasteiger partial charge in [-0.2, -0.15) is 0 Å². The lowest BCUT2D eigenvalue weighted by Gasteiger charge is -1.98. The van der Waals surface area contributed by atoms with Crippen LogP contribution in [0.1, 0.15) is 5.56 Å². The molecule has 0 saturated heterocycles. The Balaban J connectivity index is 0.00000144. The number of rotatable bonds is 2. The third-order valence-electron chi connectivity index (χ3n) is 1.39. The first-order valence-electron chi connectivity index (χ1n) is 3.20. The predicted molar refractivity (Wildman–Crippen MR) is 54.4 cm³/mol. The number of hydrogen-bond donors (Lipinski definition) is 2. The van der Waals surface area contributed by atoms with E-state index in [0.29, 0.717) is 0 Å². The first kappa shape index (κ1) is 11.6. The fraction of sp³-hybridized carbons (Fsp3) is 0. The minimum absolute atomic E-state index is 0. The third kappa shape index (κ3) is 2.51. The molecule has 0 aliphatic rings. The SMILES string of the molecule is Br.N=C(N)c1ccccc1[N+](=O)[O-]. The van der Waals surface area contributed by atoms with Crippen LogP contribution in [0, 0.1) is 15.5 Å². The van der Waals surface area contributed by atoms with Crippen molar-refractivity contribution in [2.45, 2.75) is 0 Å². The molecule has 0 amide bonds. The van der Waals surface area contributed by atoms with Crippen LogP contribution in [0.15, 0.2) is 24.3 Å². The number of nitrogen functional groups attached to an aromatic ring is 1. The minimum atomic E-state index is -0.559. The zero-order chi connectivity index (χ0) is 9.14. The van der Waals surface area contributed by atoms with Crippen molar-refractivity contribution >= 4 is 28.5 Å². The van der Waals surface area contributed by atoms with E-state index in [1.165, 1.54) is 18.2 Å². The standard InChI is InChI=1S/C7H7N3O2.BrH/c8-7(9)5-3-1-2-4-6(5)10(11)12;/h1-4H,(H3,8,9);1H. The highest BCUT2D eigenvalue weighted by molar-refractivity contribution is 8.93. The summed E-state index contributed by atoms with van der Waals surface area (Å²) >= 11 is 0. The molecule has 0 saturated carbocycles. The Morgan fingerprint density at radius 1 is 1.46 bits per heavy atom. The number of amidine groups is 1. The minimum Gasteiger partial charge on any atom is -0.383 e. The van der Waals surface area contributed by atoms with Crippen molar-refractivity contribution in [3.63, 3.8) is 0 Å². The molecule has 0 atom stereocenters. The molecule has 1 aromatic carbocycles. The normalized spacial score (nSPS) is 8.62. The molecule has 0 radical (unpaired) electrons. The molecule has 5 nitrogen and oxygen atoms in total. The van der Waals surface area contributed by atoms with Crippen molar-refractivity contribution in [2.24, 2.45) is 5.73 Å². The fourth-order valence-electron chi connectivity index (χ4n) is 0.861. The molecule has 1 aromatic rings. The predicted octanol–water partition coefficient (Wildman–Crippen LogP) is 1.46. The molecular formula is C7H8BrN3O2. The summed E-state index contributed by atoms with van der Waals surface area (Å²) in [4.78, 5) is 9.82. The Kier molecular flexibility index (Phi) is 4.06. The van der Waals surface area contributed by atoms with Gasteiger partial charge in [-0.3, -0.25) is 15.5 Å². The number of nitrogens with two attached hydrogens (primary N) is 1. The van der Waals surface area contributed by atoms with Crippen LogP contribution in [-0.2, 0) is 0 Å². The molecular weight excluding hydrogens is 238 g/mol. The second-order valence-corrected chi connectivity index (χ2v) is 2.19. The molecule has 0 unspecified atom stereocenters. The van der Waals surface area contributed by atoms with Gasteiger partial charge in [0.25, 0.3) is 5.69 Å². The first-order chi connectivity index (χ1) is 5.63. The zero-order valence-electron chi connectivity index (χ0n) is 6.56. The Hall–Kier alpha value is -1.43. The maximum atomic E-state index is 10.4. The van der Waals surface area contributed by atoms with Crippen molar-refractivity contribution in [1.29, 1.82) is 5.41 Å². The summed E-state index contributed by atoms with van der Waals surface area (Å²) < 4.78 is 0. The van der Waals surface area contributed by atoms with Gasteiger partial charge in [0.2, 0.25) is 0 Å². The highest BCUT2D eigenvalue weighted by atomic mass is 79.9. The van der Waals surface area contributed by atoms with E-state index < -0.39 is 4.92 Å². The molecule has 0 aliphatic carbocycles. The Bertz CT molecular complexity index is 307. The van der Waals surface area contributed by atoms with Gasteiger partial charge in [0.05, 0.1) is 10.5 Å². The molecule has 0 spiro atoms. The number of nitro groups is 1. The Morgan fingerprint density at radius 2 is 2.00 bits per heavy atom. The Morgan fingerprint density at radius 3 is 2.38 bits per heavy atom. The van der Waals surface area contributed by atoms with Crippen molar-refractivity contribution in [3.8, 4) is 0 Å². The van der Waals surface area contributed by atoms with Gasteiger partial charge in [0.1, 0.15) is 5.84 Å². The lowest BCUT2D eigenvalue weighted by molar-refractivity contribution is -0.385. The van der Waals surface area contributed by atoms with E-state index in [1.54, 1.807) is 6.07 Å². The largest absolute Gasteiger partial charge is 0.383 e. The topological polar surface area (TPSA) is 93.0 Å². The van der Waals surface area contributed by atoms with Crippen LogP contribution in [0.25, 0.3) is 0 Å². The number of para-hydroxylation sites is 1. The average Bonchev–Trinajstić information content (AvgIpc) is 2.04. The van der Waals surface area contributed by atoms with E-state index in [4.69, 9.17) is 11.1 Å².